The molecule has 0 aliphatic rings. The molecule has 0 N–H and O–H groups in total. The normalized spacial score (nSPS) is 9.87. The fourth-order valence-electron chi connectivity index (χ4n) is 1.17. The van der Waals surface area contributed by atoms with Gasteiger partial charge in [0.1, 0.15) is 11.6 Å². The van der Waals surface area contributed by atoms with Gasteiger partial charge < -0.3 is 9.64 Å². The van der Waals surface area contributed by atoms with Crippen LogP contribution in [0.3, 0.4) is 0 Å². The highest BCUT2D eigenvalue weighted by molar-refractivity contribution is 7.81. The van der Waals surface area contributed by atoms with E-state index >= 15 is 0 Å². The summed E-state index contributed by atoms with van der Waals surface area (Å²) in [4.78, 5) is 12.7. The topological polar surface area (TPSA) is 29.5 Å². The molecule has 0 saturated carbocycles. The first-order valence-electron chi connectivity index (χ1n) is 4.31. The average molecular weight is 229 g/mol. The fourth-order valence-corrected chi connectivity index (χ4v) is 1.38. The van der Waals surface area contributed by atoms with Gasteiger partial charge in [-0.15, -0.1) is 0 Å². The number of ether oxygens (including phenoxy) is 1. The van der Waals surface area contributed by atoms with Crippen LogP contribution in [0.5, 0.6) is 5.75 Å². The number of amides is 1. The van der Waals surface area contributed by atoms with E-state index in [4.69, 9.17) is 4.74 Å². The van der Waals surface area contributed by atoms with E-state index in [9.17, 15) is 9.18 Å². The predicted molar refractivity (Wildman–Crippen MR) is 60.2 cm³/mol. The molecule has 1 amide bonds. The lowest BCUT2D eigenvalue weighted by Gasteiger charge is -2.19. The zero-order valence-electron chi connectivity index (χ0n) is 8.53. The number of rotatable bonds is 3. The van der Waals surface area contributed by atoms with Crippen molar-refractivity contribution >= 4 is 24.2 Å². The van der Waals surface area contributed by atoms with E-state index in [2.05, 4.69) is 12.6 Å². The van der Waals surface area contributed by atoms with E-state index in [1.54, 1.807) is 7.05 Å². The van der Waals surface area contributed by atoms with Crippen LogP contribution in [-0.2, 0) is 4.79 Å². The molecule has 1 aromatic rings. The molecule has 82 valence electrons. The molecule has 0 aliphatic carbocycles. The predicted octanol–water partition coefficient (Wildman–Crippen LogP) is 1.73. The van der Waals surface area contributed by atoms with E-state index in [0.717, 1.165) is 0 Å². The van der Waals surface area contributed by atoms with E-state index in [-0.39, 0.29) is 11.7 Å². The molecule has 0 aromatic heterocycles. The van der Waals surface area contributed by atoms with Gasteiger partial charge in [0.25, 0.3) is 0 Å². The summed E-state index contributed by atoms with van der Waals surface area (Å²) in [7, 11) is 3.02. The SMILES string of the molecule is COc1ccc(F)cc1N(C)C(=O)CS. The van der Waals surface area contributed by atoms with E-state index in [1.165, 1.54) is 30.2 Å². The Balaban J connectivity index is 3.10. The molecule has 0 aliphatic heterocycles. The van der Waals surface area contributed by atoms with Gasteiger partial charge in [-0.2, -0.15) is 12.6 Å². The van der Waals surface area contributed by atoms with E-state index in [1.807, 2.05) is 0 Å². The van der Waals surface area contributed by atoms with Crippen molar-refractivity contribution in [1.29, 1.82) is 0 Å². The van der Waals surface area contributed by atoms with Gasteiger partial charge >= 0.3 is 0 Å². The second-order valence-corrected chi connectivity index (χ2v) is 3.24. The maximum atomic E-state index is 13.0. The van der Waals surface area contributed by atoms with Crippen molar-refractivity contribution < 1.29 is 13.9 Å². The largest absolute Gasteiger partial charge is 0.495 e. The standard InChI is InChI=1S/C10H12FNO2S/c1-12(10(13)6-15)8-5-7(11)3-4-9(8)14-2/h3-5,15H,6H2,1-2H3. The Kier molecular flexibility index (Phi) is 3.96. The molecule has 0 fully saturated rings. The molecule has 0 heterocycles. The van der Waals surface area contributed by atoms with Crippen LogP contribution < -0.4 is 9.64 Å². The number of thiol groups is 1. The molecule has 15 heavy (non-hydrogen) atoms. The number of hydrogen-bond donors (Lipinski definition) is 1. The second kappa shape index (κ2) is 5.02. The van der Waals surface area contributed by atoms with Crippen molar-refractivity contribution in [2.45, 2.75) is 0 Å². The molecule has 0 bridgehead atoms. The molecule has 1 aromatic carbocycles. The van der Waals surface area contributed by atoms with Gasteiger partial charge in [-0.25, -0.2) is 4.39 Å². The van der Waals surface area contributed by atoms with Crippen LogP contribution in [-0.4, -0.2) is 25.8 Å². The van der Waals surface area contributed by atoms with Crippen LogP contribution in [0.15, 0.2) is 18.2 Å². The van der Waals surface area contributed by atoms with Crippen LogP contribution >= 0.6 is 12.6 Å². The quantitative estimate of drug-likeness (QED) is 0.800. The summed E-state index contributed by atoms with van der Waals surface area (Å²) >= 11 is 3.87. The summed E-state index contributed by atoms with van der Waals surface area (Å²) < 4.78 is 18.0. The second-order valence-electron chi connectivity index (χ2n) is 2.93. The summed E-state index contributed by atoms with van der Waals surface area (Å²) in [5.74, 6) is -0.114. The number of carbonyl (C=O) groups is 1. The summed E-state index contributed by atoms with van der Waals surface area (Å²) in [5, 5.41) is 0. The third-order valence-corrected chi connectivity index (χ3v) is 2.28. The minimum atomic E-state index is -0.412. The Labute approximate surface area is 93.2 Å². The van der Waals surface area contributed by atoms with Crippen LogP contribution in [0.1, 0.15) is 0 Å². The fraction of sp³-hybridized carbons (Fsp3) is 0.300. The highest BCUT2D eigenvalue weighted by atomic mass is 32.1. The first-order valence-corrected chi connectivity index (χ1v) is 4.94. The number of carbonyl (C=O) groups excluding carboxylic acids is 1. The van der Waals surface area contributed by atoms with Gasteiger partial charge in [0.15, 0.2) is 0 Å². The maximum Gasteiger partial charge on any atom is 0.236 e. The first kappa shape index (κ1) is 11.8. The van der Waals surface area contributed by atoms with Crippen molar-refractivity contribution in [2.24, 2.45) is 0 Å². The summed E-state index contributed by atoms with van der Waals surface area (Å²) in [6.45, 7) is 0. The van der Waals surface area contributed by atoms with Gasteiger partial charge in [0.05, 0.1) is 18.6 Å². The minimum absolute atomic E-state index is 0.0656. The van der Waals surface area contributed by atoms with Crippen molar-refractivity contribution in [3.05, 3.63) is 24.0 Å². The highest BCUT2D eigenvalue weighted by Gasteiger charge is 2.14. The van der Waals surface area contributed by atoms with Crippen LogP contribution in [0.2, 0.25) is 0 Å². The molecule has 5 heteroatoms. The average Bonchev–Trinajstić information content (AvgIpc) is 2.27. The lowest BCUT2D eigenvalue weighted by atomic mass is 10.2. The van der Waals surface area contributed by atoms with Crippen LogP contribution in [0.4, 0.5) is 10.1 Å². The molecule has 0 atom stereocenters. The minimum Gasteiger partial charge on any atom is -0.495 e. The lowest BCUT2D eigenvalue weighted by molar-refractivity contribution is -0.115. The molecule has 0 saturated heterocycles. The van der Waals surface area contributed by atoms with E-state index in [0.29, 0.717) is 11.4 Å². The Morgan fingerprint density at radius 3 is 2.80 bits per heavy atom. The third-order valence-electron chi connectivity index (χ3n) is 2.01. The Morgan fingerprint density at radius 2 is 2.27 bits per heavy atom. The van der Waals surface area contributed by atoms with E-state index < -0.39 is 5.82 Å². The molecule has 0 radical (unpaired) electrons. The number of anilines is 1. The smallest absolute Gasteiger partial charge is 0.236 e. The number of nitrogens with zero attached hydrogens (tertiary/aromatic N) is 1. The van der Waals surface area contributed by atoms with Crippen LogP contribution in [0.25, 0.3) is 0 Å². The molecule has 1 rings (SSSR count). The maximum absolute atomic E-state index is 13.0. The zero-order valence-corrected chi connectivity index (χ0v) is 9.42. The number of hydrogen-bond acceptors (Lipinski definition) is 3. The summed E-state index contributed by atoms with van der Waals surface area (Å²) in [5.41, 5.74) is 0.400. The van der Waals surface area contributed by atoms with Crippen LogP contribution in [0, 0.1) is 5.82 Å². The lowest BCUT2D eigenvalue weighted by Crippen LogP contribution is -2.27. The number of benzene rings is 1. The summed E-state index contributed by atoms with van der Waals surface area (Å²) in [6.07, 6.45) is 0. The van der Waals surface area contributed by atoms with Gasteiger partial charge in [0, 0.05) is 13.1 Å². The zero-order chi connectivity index (χ0) is 11.4. The molecule has 0 unspecified atom stereocenters. The van der Waals surface area contributed by atoms with Gasteiger partial charge in [-0.1, -0.05) is 0 Å². The monoisotopic (exact) mass is 229 g/mol. The Morgan fingerprint density at radius 1 is 1.60 bits per heavy atom. The molecular formula is C10H12FNO2S. The van der Waals surface area contributed by atoms with Crippen molar-refractivity contribution in [2.75, 3.05) is 24.8 Å². The summed E-state index contributed by atoms with van der Waals surface area (Å²) in [6, 6.07) is 4.01. The van der Waals surface area contributed by atoms with Gasteiger partial charge in [-0.3, -0.25) is 4.79 Å². The first-order chi connectivity index (χ1) is 7.10. The highest BCUT2D eigenvalue weighted by Crippen LogP contribution is 2.28. The van der Waals surface area contributed by atoms with Crippen molar-refractivity contribution in [3.8, 4) is 5.75 Å². The molecular weight excluding hydrogens is 217 g/mol. The van der Waals surface area contributed by atoms with Gasteiger partial charge in [0.2, 0.25) is 5.91 Å². The number of methoxy groups -OCH3 is 1. The Bertz CT molecular complexity index is 370. The number of halogens is 1. The third kappa shape index (κ3) is 2.62. The molecule has 0 spiro atoms. The van der Waals surface area contributed by atoms with Crippen molar-refractivity contribution in [3.63, 3.8) is 0 Å². The van der Waals surface area contributed by atoms with Crippen molar-refractivity contribution in [1.82, 2.24) is 0 Å². The van der Waals surface area contributed by atoms with Gasteiger partial charge in [-0.05, 0) is 12.1 Å². The molecule has 3 nitrogen and oxygen atoms in total. The Hall–Kier alpha value is -1.23.